The van der Waals surface area contributed by atoms with Crippen LogP contribution in [0, 0.1) is 5.82 Å². The second kappa shape index (κ2) is 6.84. The van der Waals surface area contributed by atoms with Gasteiger partial charge in [-0.15, -0.1) is 0 Å². The molecule has 1 aromatic carbocycles. The number of amides is 2. The Morgan fingerprint density at radius 3 is 3.04 bits per heavy atom. The van der Waals surface area contributed by atoms with Gasteiger partial charge in [-0.25, -0.2) is 9.18 Å². The second-order valence-electron chi connectivity index (χ2n) is 6.55. The molecule has 0 bridgehead atoms. The highest BCUT2D eigenvalue weighted by Gasteiger charge is 2.44. The number of ether oxygens (including phenoxy) is 1. The Morgan fingerprint density at radius 1 is 1.48 bits per heavy atom. The highest BCUT2D eigenvalue weighted by atomic mass is 19.1. The minimum atomic E-state index is -0.212. The lowest BCUT2D eigenvalue weighted by atomic mass is 10.0. The summed E-state index contributed by atoms with van der Waals surface area (Å²) in [4.78, 5) is 15.8. The molecule has 5 nitrogen and oxygen atoms in total. The molecule has 2 amide bonds. The number of benzene rings is 1. The first-order valence-electron chi connectivity index (χ1n) is 8.12. The van der Waals surface area contributed by atoms with Crippen LogP contribution in [0.2, 0.25) is 0 Å². The topological polar surface area (TPSA) is 44.8 Å². The van der Waals surface area contributed by atoms with E-state index in [1.54, 1.807) is 26.2 Å². The van der Waals surface area contributed by atoms with E-state index in [1.807, 2.05) is 6.07 Å². The van der Waals surface area contributed by atoms with Gasteiger partial charge in [0.1, 0.15) is 5.82 Å². The fourth-order valence-electron chi connectivity index (χ4n) is 3.52. The number of nitrogens with one attached hydrogen (secondary N) is 1. The molecule has 126 valence electrons. The fourth-order valence-corrected chi connectivity index (χ4v) is 3.52. The minimum Gasteiger partial charge on any atom is -0.374 e. The molecule has 2 fully saturated rings. The predicted molar refractivity (Wildman–Crippen MR) is 85.6 cm³/mol. The van der Waals surface area contributed by atoms with E-state index in [4.69, 9.17) is 4.74 Å². The number of halogens is 1. The quantitative estimate of drug-likeness (QED) is 0.924. The van der Waals surface area contributed by atoms with Crippen LogP contribution < -0.4 is 5.32 Å². The van der Waals surface area contributed by atoms with Crippen molar-refractivity contribution in [1.82, 2.24) is 15.1 Å². The van der Waals surface area contributed by atoms with Gasteiger partial charge in [-0.3, -0.25) is 4.90 Å². The normalized spacial score (nSPS) is 27.5. The zero-order chi connectivity index (χ0) is 16.4. The van der Waals surface area contributed by atoms with Gasteiger partial charge in [-0.05, 0) is 30.5 Å². The molecular formula is C17H24FN3O2. The molecule has 0 aromatic heterocycles. The molecule has 6 heteroatoms. The van der Waals surface area contributed by atoms with Crippen molar-refractivity contribution >= 4 is 6.03 Å². The second-order valence-corrected chi connectivity index (χ2v) is 6.55. The SMILES string of the molecule is CN(C)C(=O)N[C@@H]1CN(Cc2cccc(F)c2)[C@@H]2CCCO[C@@H]21. The molecule has 0 aliphatic carbocycles. The first kappa shape index (κ1) is 16.2. The van der Waals surface area contributed by atoms with Gasteiger partial charge in [0.15, 0.2) is 0 Å². The maximum atomic E-state index is 13.4. The van der Waals surface area contributed by atoms with E-state index in [9.17, 15) is 9.18 Å². The minimum absolute atomic E-state index is 0.0150. The summed E-state index contributed by atoms with van der Waals surface area (Å²) in [5.41, 5.74) is 0.953. The van der Waals surface area contributed by atoms with E-state index in [-0.39, 0.29) is 30.0 Å². The van der Waals surface area contributed by atoms with Crippen LogP contribution in [-0.4, -0.2) is 61.3 Å². The molecular weight excluding hydrogens is 297 g/mol. The van der Waals surface area contributed by atoms with Gasteiger partial charge in [-0.2, -0.15) is 0 Å². The van der Waals surface area contributed by atoms with Crippen LogP contribution in [0.1, 0.15) is 18.4 Å². The van der Waals surface area contributed by atoms with Gasteiger partial charge in [0.25, 0.3) is 0 Å². The van der Waals surface area contributed by atoms with Crippen molar-refractivity contribution in [2.24, 2.45) is 0 Å². The molecule has 2 aliphatic rings. The lowest BCUT2D eigenvalue weighted by molar-refractivity contribution is -0.0207. The van der Waals surface area contributed by atoms with E-state index in [2.05, 4.69) is 10.2 Å². The van der Waals surface area contributed by atoms with E-state index >= 15 is 0 Å². The van der Waals surface area contributed by atoms with Crippen molar-refractivity contribution in [3.8, 4) is 0 Å². The third-order valence-corrected chi connectivity index (χ3v) is 4.62. The predicted octanol–water partition coefficient (Wildman–Crippen LogP) is 1.83. The molecule has 0 unspecified atom stereocenters. The maximum absolute atomic E-state index is 13.4. The van der Waals surface area contributed by atoms with E-state index in [1.165, 1.54) is 11.0 Å². The summed E-state index contributed by atoms with van der Waals surface area (Å²) in [6, 6.07) is 6.86. The molecule has 0 radical (unpaired) electrons. The van der Waals surface area contributed by atoms with E-state index in [0.717, 1.165) is 31.6 Å². The lowest BCUT2D eigenvalue weighted by Crippen LogP contribution is -2.50. The van der Waals surface area contributed by atoms with Crippen LogP contribution in [0.3, 0.4) is 0 Å². The van der Waals surface area contributed by atoms with Crippen LogP contribution in [-0.2, 0) is 11.3 Å². The van der Waals surface area contributed by atoms with Crippen LogP contribution in [0.4, 0.5) is 9.18 Å². The summed E-state index contributed by atoms with van der Waals surface area (Å²) >= 11 is 0. The summed E-state index contributed by atoms with van der Waals surface area (Å²) < 4.78 is 19.3. The summed E-state index contributed by atoms with van der Waals surface area (Å²) in [7, 11) is 3.46. The van der Waals surface area contributed by atoms with Gasteiger partial charge >= 0.3 is 6.03 Å². The average Bonchev–Trinajstić information content (AvgIpc) is 2.85. The molecule has 1 N–H and O–H groups in total. The number of carbonyl (C=O) groups is 1. The Hall–Kier alpha value is -1.66. The summed E-state index contributed by atoms with van der Waals surface area (Å²) in [5, 5.41) is 3.05. The number of likely N-dealkylation sites (tertiary alicyclic amines) is 1. The number of hydrogen-bond donors (Lipinski definition) is 1. The van der Waals surface area contributed by atoms with Gasteiger partial charge in [0, 0.05) is 39.8 Å². The lowest BCUT2D eigenvalue weighted by Gasteiger charge is -2.32. The number of rotatable bonds is 3. The Kier molecular flexibility index (Phi) is 4.82. The molecule has 0 saturated carbocycles. The summed E-state index contributed by atoms with van der Waals surface area (Å²) in [6.45, 7) is 2.14. The third-order valence-electron chi connectivity index (χ3n) is 4.62. The molecule has 1 aromatic rings. The summed E-state index contributed by atoms with van der Waals surface area (Å²) in [6.07, 6.45) is 2.09. The Balaban J connectivity index is 1.72. The van der Waals surface area contributed by atoms with Gasteiger partial charge in [-0.1, -0.05) is 12.1 Å². The zero-order valence-electron chi connectivity index (χ0n) is 13.7. The smallest absolute Gasteiger partial charge is 0.317 e. The molecule has 2 saturated heterocycles. The number of fused-ring (bicyclic) bond motifs is 1. The maximum Gasteiger partial charge on any atom is 0.317 e. The number of urea groups is 1. The number of hydrogen-bond acceptors (Lipinski definition) is 3. The van der Waals surface area contributed by atoms with E-state index < -0.39 is 0 Å². The van der Waals surface area contributed by atoms with Crippen molar-refractivity contribution in [3.05, 3.63) is 35.6 Å². The standard InChI is InChI=1S/C17H24FN3O2/c1-20(2)17(22)19-14-11-21(15-7-4-8-23-16(14)15)10-12-5-3-6-13(18)9-12/h3,5-6,9,14-16H,4,7-8,10-11H2,1-2H3,(H,19,22)/t14-,15-,16-/m1/s1. The molecule has 3 rings (SSSR count). The molecule has 2 aliphatic heterocycles. The van der Waals surface area contributed by atoms with Gasteiger partial charge in [0.05, 0.1) is 12.1 Å². The van der Waals surface area contributed by atoms with Crippen LogP contribution in [0.15, 0.2) is 24.3 Å². The average molecular weight is 321 g/mol. The molecule has 2 heterocycles. The van der Waals surface area contributed by atoms with Gasteiger partial charge < -0.3 is 15.0 Å². The van der Waals surface area contributed by atoms with Crippen molar-refractivity contribution in [3.63, 3.8) is 0 Å². The zero-order valence-corrected chi connectivity index (χ0v) is 13.7. The van der Waals surface area contributed by atoms with Crippen LogP contribution in [0.25, 0.3) is 0 Å². The molecule has 23 heavy (non-hydrogen) atoms. The highest BCUT2D eigenvalue weighted by Crippen LogP contribution is 2.30. The van der Waals surface area contributed by atoms with Crippen LogP contribution in [0.5, 0.6) is 0 Å². The third kappa shape index (κ3) is 3.64. The number of nitrogens with zero attached hydrogens (tertiary/aromatic N) is 2. The monoisotopic (exact) mass is 321 g/mol. The Labute approximate surface area is 136 Å². The van der Waals surface area contributed by atoms with Gasteiger partial charge in [0.2, 0.25) is 0 Å². The van der Waals surface area contributed by atoms with E-state index in [0.29, 0.717) is 6.54 Å². The first-order valence-corrected chi connectivity index (χ1v) is 8.12. The Bertz CT molecular complexity index is 567. The van der Waals surface area contributed by atoms with Crippen LogP contribution >= 0.6 is 0 Å². The fraction of sp³-hybridized carbons (Fsp3) is 0.588. The van der Waals surface area contributed by atoms with Crippen molar-refractivity contribution < 1.29 is 13.9 Å². The van der Waals surface area contributed by atoms with Crippen molar-refractivity contribution in [2.75, 3.05) is 27.2 Å². The molecule has 3 atom stereocenters. The largest absolute Gasteiger partial charge is 0.374 e. The molecule has 0 spiro atoms. The number of carbonyl (C=O) groups excluding carboxylic acids is 1. The van der Waals surface area contributed by atoms with Crippen molar-refractivity contribution in [1.29, 1.82) is 0 Å². The highest BCUT2D eigenvalue weighted by molar-refractivity contribution is 5.74. The Morgan fingerprint density at radius 2 is 2.30 bits per heavy atom. The summed E-state index contributed by atoms with van der Waals surface area (Å²) in [5.74, 6) is -0.212. The van der Waals surface area contributed by atoms with Crippen molar-refractivity contribution in [2.45, 2.75) is 37.6 Å². The first-order chi connectivity index (χ1) is 11.0.